The van der Waals surface area contributed by atoms with Crippen LogP contribution in [0.25, 0.3) is 0 Å². The highest BCUT2D eigenvalue weighted by molar-refractivity contribution is 6.00. The lowest BCUT2D eigenvalue weighted by atomic mass is 10.00. The highest BCUT2D eigenvalue weighted by atomic mass is 16.5. The van der Waals surface area contributed by atoms with E-state index in [1.807, 2.05) is 18.2 Å². The number of nitrogens with zero attached hydrogens (tertiary/aromatic N) is 1. The van der Waals surface area contributed by atoms with Gasteiger partial charge in [-0.2, -0.15) is 0 Å². The van der Waals surface area contributed by atoms with Gasteiger partial charge in [0.25, 0.3) is 0 Å². The molecule has 1 aliphatic rings. The zero-order valence-electron chi connectivity index (χ0n) is 11.5. The second kappa shape index (κ2) is 5.92. The number of carbonyl (C=O) groups excluding carboxylic acids is 2. The molecular weight excluding hydrogens is 258 g/mol. The summed E-state index contributed by atoms with van der Waals surface area (Å²) in [7, 11) is 1.61. The maximum atomic E-state index is 12.3. The topological polar surface area (TPSA) is 98.7 Å². The highest BCUT2D eigenvalue weighted by Gasteiger charge is 2.27. The fourth-order valence-electron chi connectivity index (χ4n) is 2.43. The molecule has 1 aliphatic heterocycles. The van der Waals surface area contributed by atoms with E-state index < -0.39 is 11.9 Å². The predicted molar refractivity (Wildman–Crippen MR) is 75.5 cm³/mol. The van der Waals surface area contributed by atoms with Gasteiger partial charge in [-0.15, -0.1) is 0 Å². The lowest BCUT2D eigenvalue weighted by molar-refractivity contribution is -0.124. The number of hydrogen-bond acceptors (Lipinski definition) is 4. The van der Waals surface area contributed by atoms with Crippen molar-refractivity contribution in [2.45, 2.75) is 25.3 Å². The number of hydrogen-bond donors (Lipinski definition) is 2. The van der Waals surface area contributed by atoms with E-state index in [-0.39, 0.29) is 12.3 Å². The number of methoxy groups -OCH3 is 1. The predicted octanol–water partition coefficient (Wildman–Crippen LogP) is 0.177. The molecule has 2 rings (SSSR count). The number of aryl methyl sites for hydroxylation is 1. The Kier molecular flexibility index (Phi) is 4.24. The van der Waals surface area contributed by atoms with E-state index in [4.69, 9.17) is 16.2 Å². The number of carbonyl (C=O) groups is 2. The van der Waals surface area contributed by atoms with Gasteiger partial charge in [-0.3, -0.25) is 9.59 Å². The van der Waals surface area contributed by atoms with Crippen LogP contribution in [0, 0.1) is 0 Å². The van der Waals surface area contributed by atoms with Gasteiger partial charge in [0, 0.05) is 12.2 Å². The van der Waals surface area contributed by atoms with Crippen molar-refractivity contribution in [2.75, 3.05) is 18.6 Å². The molecule has 0 aromatic heterocycles. The summed E-state index contributed by atoms with van der Waals surface area (Å²) in [5.41, 5.74) is 12.7. The summed E-state index contributed by atoms with van der Waals surface area (Å²) in [6.07, 6.45) is 1.61. The minimum absolute atomic E-state index is 0.138. The summed E-state index contributed by atoms with van der Waals surface area (Å²) in [5, 5.41) is 0. The number of primary amides is 1. The highest BCUT2D eigenvalue weighted by Crippen LogP contribution is 2.30. The van der Waals surface area contributed by atoms with E-state index in [1.165, 1.54) is 0 Å². The number of rotatable bonds is 4. The van der Waals surface area contributed by atoms with Gasteiger partial charge in [0.05, 0.1) is 19.6 Å². The molecular formula is C14H19N3O3. The van der Waals surface area contributed by atoms with Crippen LogP contribution in [0.3, 0.4) is 0 Å². The van der Waals surface area contributed by atoms with Crippen LogP contribution in [0.4, 0.5) is 5.69 Å². The first-order chi connectivity index (χ1) is 9.52. The molecule has 0 saturated carbocycles. The van der Waals surface area contributed by atoms with Crippen molar-refractivity contribution in [1.29, 1.82) is 0 Å². The lowest BCUT2D eigenvalue weighted by Gasteiger charge is -2.31. The van der Waals surface area contributed by atoms with Crippen molar-refractivity contribution in [3.63, 3.8) is 0 Å². The molecule has 1 aromatic carbocycles. The number of ether oxygens (including phenoxy) is 1. The van der Waals surface area contributed by atoms with Gasteiger partial charge < -0.3 is 21.1 Å². The first-order valence-electron chi connectivity index (χ1n) is 6.55. The van der Waals surface area contributed by atoms with Crippen molar-refractivity contribution < 1.29 is 14.3 Å². The molecule has 6 heteroatoms. The molecule has 1 unspecified atom stereocenters. The molecule has 1 heterocycles. The second-order valence-electron chi connectivity index (χ2n) is 4.87. The monoisotopic (exact) mass is 277 g/mol. The number of amides is 2. The Labute approximate surface area is 117 Å². The first kappa shape index (κ1) is 14.3. The zero-order chi connectivity index (χ0) is 14.7. The van der Waals surface area contributed by atoms with Crippen LogP contribution >= 0.6 is 0 Å². The van der Waals surface area contributed by atoms with Crippen molar-refractivity contribution >= 4 is 17.5 Å². The molecule has 0 saturated heterocycles. The van der Waals surface area contributed by atoms with E-state index in [1.54, 1.807) is 12.0 Å². The molecule has 0 spiro atoms. The lowest BCUT2D eigenvalue weighted by Crippen LogP contribution is -2.47. The number of fused-ring (bicyclic) bond motifs is 1. The molecule has 20 heavy (non-hydrogen) atoms. The fraction of sp³-hybridized carbons (Fsp3) is 0.429. The largest absolute Gasteiger partial charge is 0.497 e. The van der Waals surface area contributed by atoms with Crippen molar-refractivity contribution in [2.24, 2.45) is 11.5 Å². The van der Waals surface area contributed by atoms with Crippen LogP contribution in [-0.2, 0) is 16.0 Å². The van der Waals surface area contributed by atoms with Crippen LogP contribution in [0.5, 0.6) is 5.75 Å². The van der Waals surface area contributed by atoms with Crippen LogP contribution in [0.1, 0.15) is 18.4 Å². The summed E-state index contributed by atoms with van der Waals surface area (Å²) < 4.78 is 5.19. The summed E-state index contributed by atoms with van der Waals surface area (Å²) >= 11 is 0. The van der Waals surface area contributed by atoms with Crippen molar-refractivity contribution in [3.8, 4) is 5.75 Å². The molecule has 1 aromatic rings. The molecule has 108 valence electrons. The van der Waals surface area contributed by atoms with Gasteiger partial charge in [0.1, 0.15) is 5.75 Å². The first-order valence-corrected chi connectivity index (χ1v) is 6.55. The van der Waals surface area contributed by atoms with Crippen LogP contribution < -0.4 is 21.1 Å². The molecule has 0 bridgehead atoms. The Bertz CT molecular complexity index is 530. The number of nitrogens with two attached hydrogens (primary N) is 2. The Balaban J connectivity index is 2.23. The van der Waals surface area contributed by atoms with Gasteiger partial charge in [-0.1, -0.05) is 0 Å². The smallest absolute Gasteiger partial charge is 0.244 e. The average Bonchev–Trinajstić information content (AvgIpc) is 2.44. The fourth-order valence-corrected chi connectivity index (χ4v) is 2.43. The van der Waals surface area contributed by atoms with Crippen LogP contribution in [0.2, 0.25) is 0 Å². The van der Waals surface area contributed by atoms with Gasteiger partial charge in [-0.05, 0) is 36.6 Å². The third-order valence-electron chi connectivity index (χ3n) is 3.41. The van der Waals surface area contributed by atoms with Gasteiger partial charge in [0.2, 0.25) is 11.8 Å². The Morgan fingerprint density at radius 3 is 2.85 bits per heavy atom. The molecule has 0 radical (unpaired) electrons. The van der Waals surface area contributed by atoms with E-state index >= 15 is 0 Å². The number of benzene rings is 1. The summed E-state index contributed by atoms with van der Waals surface area (Å²) in [6.45, 7) is 0.602. The maximum Gasteiger partial charge on any atom is 0.244 e. The van der Waals surface area contributed by atoms with E-state index in [0.29, 0.717) is 6.54 Å². The van der Waals surface area contributed by atoms with Gasteiger partial charge in [0.15, 0.2) is 0 Å². The minimum atomic E-state index is -0.888. The zero-order valence-corrected chi connectivity index (χ0v) is 11.5. The van der Waals surface area contributed by atoms with Gasteiger partial charge in [-0.25, -0.2) is 0 Å². The third kappa shape index (κ3) is 2.91. The molecule has 0 fully saturated rings. The summed E-state index contributed by atoms with van der Waals surface area (Å²) in [5.74, 6) is -0.0767. The Morgan fingerprint density at radius 1 is 1.45 bits per heavy atom. The Hall–Kier alpha value is -2.08. The summed E-state index contributed by atoms with van der Waals surface area (Å²) in [4.78, 5) is 24.8. The van der Waals surface area contributed by atoms with Gasteiger partial charge >= 0.3 is 0 Å². The third-order valence-corrected chi connectivity index (χ3v) is 3.41. The number of anilines is 1. The second-order valence-corrected chi connectivity index (χ2v) is 4.87. The SMILES string of the molecule is COc1ccc2c(c1)CCCN2C(=O)C(N)CC(N)=O. The molecule has 2 amide bonds. The Morgan fingerprint density at radius 2 is 2.20 bits per heavy atom. The molecule has 1 atom stereocenters. The van der Waals surface area contributed by atoms with Crippen LogP contribution in [-0.4, -0.2) is 31.5 Å². The van der Waals surface area contributed by atoms with Crippen molar-refractivity contribution in [1.82, 2.24) is 0 Å². The van der Waals surface area contributed by atoms with E-state index in [0.717, 1.165) is 29.8 Å². The van der Waals surface area contributed by atoms with Crippen LogP contribution in [0.15, 0.2) is 18.2 Å². The summed E-state index contributed by atoms with van der Waals surface area (Å²) in [6, 6.07) is 4.70. The average molecular weight is 277 g/mol. The van der Waals surface area contributed by atoms with E-state index in [2.05, 4.69) is 0 Å². The standard InChI is InChI=1S/C14H19N3O3/c1-20-10-4-5-12-9(7-10)3-2-6-17(12)14(19)11(15)8-13(16)18/h4-5,7,11H,2-3,6,8,15H2,1H3,(H2,16,18). The normalized spacial score (nSPS) is 15.4. The molecule has 6 nitrogen and oxygen atoms in total. The molecule has 0 aliphatic carbocycles. The van der Waals surface area contributed by atoms with Crippen molar-refractivity contribution in [3.05, 3.63) is 23.8 Å². The minimum Gasteiger partial charge on any atom is -0.497 e. The quantitative estimate of drug-likeness (QED) is 0.820. The van der Waals surface area contributed by atoms with E-state index in [9.17, 15) is 9.59 Å². The molecule has 4 N–H and O–H groups in total. The maximum absolute atomic E-state index is 12.3.